The van der Waals surface area contributed by atoms with E-state index in [4.69, 9.17) is 9.26 Å². The van der Waals surface area contributed by atoms with Crippen molar-refractivity contribution in [2.75, 3.05) is 19.7 Å². The SMILES string of the molecule is c1ccc2c(-c3noc(C4CNCCO4)n3)cccc2c1. The molecule has 1 atom stereocenters. The molecule has 21 heavy (non-hydrogen) atoms. The normalized spacial score (nSPS) is 19.0. The highest BCUT2D eigenvalue weighted by Crippen LogP contribution is 2.28. The van der Waals surface area contributed by atoms with Crippen LogP contribution in [-0.4, -0.2) is 29.8 Å². The molecule has 1 saturated heterocycles. The molecule has 3 aromatic rings. The van der Waals surface area contributed by atoms with E-state index in [9.17, 15) is 0 Å². The van der Waals surface area contributed by atoms with Crippen LogP contribution in [0.15, 0.2) is 47.0 Å². The molecule has 0 amide bonds. The van der Waals surface area contributed by atoms with Crippen molar-refractivity contribution < 1.29 is 9.26 Å². The molecule has 1 N–H and O–H groups in total. The maximum atomic E-state index is 5.64. The number of rotatable bonds is 2. The zero-order valence-corrected chi connectivity index (χ0v) is 11.5. The Balaban J connectivity index is 1.74. The van der Waals surface area contributed by atoms with E-state index >= 15 is 0 Å². The van der Waals surface area contributed by atoms with Crippen LogP contribution in [0.3, 0.4) is 0 Å². The third-order valence-electron chi connectivity index (χ3n) is 3.68. The Labute approximate surface area is 121 Å². The van der Waals surface area contributed by atoms with Crippen LogP contribution in [0, 0.1) is 0 Å². The quantitative estimate of drug-likeness (QED) is 0.782. The number of benzene rings is 2. The maximum Gasteiger partial charge on any atom is 0.257 e. The Morgan fingerprint density at radius 2 is 2.00 bits per heavy atom. The van der Waals surface area contributed by atoms with Gasteiger partial charge in [0.25, 0.3) is 5.89 Å². The average molecular weight is 281 g/mol. The third kappa shape index (κ3) is 2.30. The summed E-state index contributed by atoms with van der Waals surface area (Å²) in [6, 6.07) is 14.3. The summed E-state index contributed by atoms with van der Waals surface area (Å²) in [7, 11) is 0. The molecular formula is C16H15N3O2. The molecule has 1 fully saturated rings. The van der Waals surface area contributed by atoms with E-state index in [-0.39, 0.29) is 6.10 Å². The summed E-state index contributed by atoms with van der Waals surface area (Å²) >= 11 is 0. The van der Waals surface area contributed by atoms with Crippen LogP contribution in [0.5, 0.6) is 0 Å². The van der Waals surface area contributed by atoms with Crippen LogP contribution in [0.4, 0.5) is 0 Å². The monoisotopic (exact) mass is 281 g/mol. The minimum absolute atomic E-state index is 0.157. The third-order valence-corrected chi connectivity index (χ3v) is 3.68. The summed E-state index contributed by atoms with van der Waals surface area (Å²) in [5.41, 5.74) is 0.979. The highest BCUT2D eigenvalue weighted by Gasteiger charge is 2.22. The van der Waals surface area contributed by atoms with Crippen molar-refractivity contribution in [1.82, 2.24) is 15.5 Å². The minimum atomic E-state index is -0.157. The lowest BCUT2D eigenvalue weighted by Crippen LogP contribution is -2.33. The Morgan fingerprint density at radius 3 is 2.90 bits per heavy atom. The second-order valence-electron chi connectivity index (χ2n) is 5.05. The molecule has 0 aliphatic carbocycles. The largest absolute Gasteiger partial charge is 0.366 e. The number of fused-ring (bicyclic) bond motifs is 1. The van der Waals surface area contributed by atoms with Gasteiger partial charge < -0.3 is 14.6 Å². The zero-order chi connectivity index (χ0) is 14.1. The summed E-state index contributed by atoms with van der Waals surface area (Å²) in [4.78, 5) is 4.51. The molecule has 2 aromatic carbocycles. The van der Waals surface area contributed by atoms with Gasteiger partial charge in [0.2, 0.25) is 5.82 Å². The summed E-state index contributed by atoms with van der Waals surface area (Å²) in [6.07, 6.45) is -0.157. The van der Waals surface area contributed by atoms with Crippen molar-refractivity contribution in [2.45, 2.75) is 6.10 Å². The van der Waals surface area contributed by atoms with Crippen molar-refractivity contribution >= 4 is 10.8 Å². The van der Waals surface area contributed by atoms with Gasteiger partial charge in [-0.3, -0.25) is 0 Å². The molecule has 0 radical (unpaired) electrons. The number of ether oxygens (including phenoxy) is 1. The molecule has 0 saturated carbocycles. The lowest BCUT2D eigenvalue weighted by atomic mass is 10.0. The fourth-order valence-electron chi connectivity index (χ4n) is 2.62. The second kappa shape index (κ2) is 5.27. The molecule has 4 rings (SSSR count). The first-order valence-electron chi connectivity index (χ1n) is 7.06. The lowest BCUT2D eigenvalue weighted by Gasteiger charge is -2.19. The van der Waals surface area contributed by atoms with Gasteiger partial charge in [-0.1, -0.05) is 47.6 Å². The Kier molecular flexibility index (Phi) is 3.14. The summed E-state index contributed by atoms with van der Waals surface area (Å²) in [6.45, 7) is 2.23. The van der Waals surface area contributed by atoms with Crippen LogP contribution in [0.2, 0.25) is 0 Å². The molecule has 5 nitrogen and oxygen atoms in total. The second-order valence-corrected chi connectivity index (χ2v) is 5.05. The Morgan fingerprint density at radius 1 is 1.10 bits per heavy atom. The Bertz CT molecular complexity index is 758. The predicted molar refractivity (Wildman–Crippen MR) is 78.8 cm³/mol. The number of nitrogens with zero attached hydrogens (tertiary/aromatic N) is 2. The van der Waals surface area contributed by atoms with Crippen molar-refractivity contribution in [3.05, 3.63) is 48.4 Å². The van der Waals surface area contributed by atoms with Gasteiger partial charge in [0, 0.05) is 18.7 Å². The van der Waals surface area contributed by atoms with Crippen LogP contribution in [-0.2, 0) is 4.74 Å². The molecule has 106 valence electrons. The van der Waals surface area contributed by atoms with E-state index < -0.39 is 0 Å². The van der Waals surface area contributed by atoms with Crippen molar-refractivity contribution in [3.63, 3.8) is 0 Å². The first-order valence-corrected chi connectivity index (χ1v) is 7.06. The molecule has 1 aromatic heterocycles. The first kappa shape index (κ1) is 12.5. The van der Waals surface area contributed by atoms with E-state index in [1.165, 1.54) is 0 Å². The molecular weight excluding hydrogens is 266 g/mol. The van der Waals surface area contributed by atoms with Crippen molar-refractivity contribution in [2.24, 2.45) is 0 Å². The van der Waals surface area contributed by atoms with Gasteiger partial charge in [-0.2, -0.15) is 4.98 Å². The van der Waals surface area contributed by atoms with Crippen LogP contribution >= 0.6 is 0 Å². The van der Waals surface area contributed by atoms with Crippen LogP contribution in [0.1, 0.15) is 12.0 Å². The smallest absolute Gasteiger partial charge is 0.257 e. The lowest BCUT2D eigenvalue weighted by molar-refractivity contribution is 0.00755. The highest BCUT2D eigenvalue weighted by molar-refractivity contribution is 5.94. The topological polar surface area (TPSA) is 60.2 Å². The van der Waals surface area contributed by atoms with E-state index in [2.05, 4.69) is 33.7 Å². The molecule has 1 unspecified atom stereocenters. The van der Waals surface area contributed by atoms with Gasteiger partial charge >= 0.3 is 0 Å². The number of nitrogens with one attached hydrogen (secondary N) is 1. The highest BCUT2D eigenvalue weighted by atomic mass is 16.5. The van der Waals surface area contributed by atoms with E-state index in [1.807, 2.05) is 24.3 Å². The standard InChI is InChI=1S/C16H15N3O2/c1-2-6-12-11(4-1)5-3-7-13(12)15-18-16(21-19-15)14-10-17-8-9-20-14/h1-7,14,17H,8-10H2. The summed E-state index contributed by atoms with van der Waals surface area (Å²) < 4.78 is 11.0. The molecule has 0 bridgehead atoms. The van der Waals surface area contributed by atoms with Gasteiger partial charge in [-0.15, -0.1) is 0 Å². The molecule has 5 heteroatoms. The van der Waals surface area contributed by atoms with Gasteiger partial charge in [0.1, 0.15) is 6.10 Å². The number of morpholine rings is 1. The van der Waals surface area contributed by atoms with Crippen molar-refractivity contribution in [1.29, 1.82) is 0 Å². The molecule has 0 spiro atoms. The van der Waals surface area contributed by atoms with E-state index in [0.29, 0.717) is 24.9 Å². The predicted octanol–water partition coefficient (Wildman–Crippen LogP) is 2.55. The van der Waals surface area contributed by atoms with Gasteiger partial charge in [0.15, 0.2) is 0 Å². The zero-order valence-electron chi connectivity index (χ0n) is 11.5. The first-order chi connectivity index (χ1) is 10.4. The Hall–Kier alpha value is -2.24. The molecule has 1 aliphatic rings. The van der Waals surface area contributed by atoms with Crippen molar-refractivity contribution in [3.8, 4) is 11.4 Å². The fourth-order valence-corrected chi connectivity index (χ4v) is 2.62. The maximum absolute atomic E-state index is 5.64. The minimum Gasteiger partial charge on any atom is -0.366 e. The van der Waals surface area contributed by atoms with Gasteiger partial charge in [-0.25, -0.2) is 0 Å². The van der Waals surface area contributed by atoms with E-state index in [0.717, 1.165) is 22.9 Å². The fraction of sp³-hybridized carbons (Fsp3) is 0.250. The van der Waals surface area contributed by atoms with Gasteiger partial charge in [0.05, 0.1) is 6.61 Å². The summed E-state index contributed by atoms with van der Waals surface area (Å²) in [5, 5.41) is 9.66. The number of aromatic nitrogens is 2. The van der Waals surface area contributed by atoms with E-state index in [1.54, 1.807) is 0 Å². The molecule has 2 heterocycles. The summed E-state index contributed by atoms with van der Waals surface area (Å²) in [5.74, 6) is 1.14. The average Bonchev–Trinajstić information content (AvgIpc) is 3.05. The number of hydrogen-bond donors (Lipinski definition) is 1. The van der Waals surface area contributed by atoms with Gasteiger partial charge in [-0.05, 0) is 10.8 Å². The number of hydrogen-bond acceptors (Lipinski definition) is 5. The van der Waals surface area contributed by atoms with Crippen LogP contribution in [0.25, 0.3) is 22.2 Å². The van der Waals surface area contributed by atoms with Crippen LogP contribution < -0.4 is 5.32 Å². The molecule has 1 aliphatic heterocycles.